The van der Waals surface area contributed by atoms with E-state index in [9.17, 15) is 14.4 Å². The number of ether oxygens (including phenoxy) is 3. The number of unbranched alkanes of at least 4 members (excludes halogenated alkanes) is 51. The minimum atomic E-state index is -0.772. The molecule has 6 heteroatoms. The van der Waals surface area contributed by atoms with Gasteiger partial charge in [-0.05, 0) is 70.6 Å². The standard InChI is InChI=1S/C72H136O6/c1-4-7-10-13-16-19-22-25-28-29-30-31-32-33-34-35-36-37-38-39-40-41-42-43-45-47-50-53-56-59-62-65-71(74)77-68-69(67-76-70(73)64-61-58-55-52-49-46-27-24-21-18-15-12-9-6-3)78-72(75)66-63-60-57-54-51-48-44-26-23-20-17-14-11-8-5-2/h26,29-30,44,69H,4-25,27-28,31-43,45-68H2,1-3H3/b30-29-,44-26-. The maximum absolute atomic E-state index is 12.9. The lowest BCUT2D eigenvalue weighted by molar-refractivity contribution is -0.167. The van der Waals surface area contributed by atoms with E-state index in [2.05, 4.69) is 45.1 Å². The van der Waals surface area contributed by atoms with Crippen LogP contribution in [0.15, 0.2) is 24.3 Å². The topological polar surface area (TPSA) is 78.9 Å². The Labute approximate surface area is 487 Å². The zero-order chi connectivity index (χ0) is 56.4. The molecule has 0 N–H and O–H groups in total. The first-order valence-electron chi connectivity index (χ1n) is 35.3. The van der Waals surface area contributed by atoms with Gasteiger partial charge in [-0.15, -0.1) is 0 Å². The monoisotopic (exact) mass is 1100 g/mol. The lowest BCUT2D eigenvalue weighted by atomic mass is 10.0. The van der Waals surface area contributed by atoms with E-state index < -0.39 is 6.10 Å². The van der Waals surface area contributed by atoms with Gasteiger partial charge in [-0.25, -0.2) is 0 Å². The maximum Gasteiger partial charge on any atom is 0.306 e. The molecule has 6 nitrogen and oxygen atoms in total. The maximum atomic E-state index is 12.9. The molecule has 0 spiro atoms. The summed E-state index contributed by atoms with van der Waals surface area (Å²) < 4.78 is 17.0. The van der Waals surface area contributed by atoms with Crippen molar-refractivity contribution in [1.82, 2.24) is 0 Å². The predicted octanol–water partition coefficient (Wildman–Crippen LogP) is 24.2. The predicted molar refractivity (Wildman–Crippen MR) is 340 cm³/mol. The van der Waals surface area contributed by atoms with Gasteiger partial charge in [0.25, 0.3) is 0 Å². The summed E-state index contributed by atoms with van der Waals surface area (Å²) in [6.45, 7) is 6.70. The molecule has 0 rings (SSSR count). The molecule has 0 bridgehead atoms. The van der Waals surface area contributed by atoms with Crippen LogP contribution in [0.2, 0.25) is 0 Å². The van der Waals surface area contributed by atoms with Gasteiger partial charge >= 0.3 is 17.9 Å². The summed E-state index contributed by atoms with van der Waals surface area (Å²) in [4.78, 5) is 38.3. The summed E-state index contributed by atoms with van der Waals surface area (Å²) in [7, 11) is 0. The van der Waals surface area contributed by atoms with Gasteiger partial charge in [0.15, 0.2) is 6.10 Å². The third kappa shape index (κ3) is 64.7. The second kappa shape index (κ2) is 67.4. The van der Waals surface area contributed by atoms with Crippen LogP contribution in [0.25, 0.3) is 0 Å². The number of esters is 3. The van der Waals surface area contributed by atoms with Crippen LogP contribution in [-0.2, 0) is 28.6 Å². The van der Waals surface area contributed by atoms with E-state index in [4.69, 9.17) is 14.2 Å². The molecule has 1 atom stereocenters. The molecule has 0 aliphatic rings. The Hall–Kier alpha value is -2.11. The molecule has 0 radical (unpaired) electrons. The minimum absolute atomic E-state index is 0.0683. The third-order valence-corrected chi connectivity index (χ3v) is 16.2. The first kappa shape index (κ1) is 75.9. The van der Waals surface area contributed by atoms with Crippen LogP contribution in [0.5, 0.6) is 0 Å². The summed E-state index contributed by atoms with van der Waals surface area (Å²) in [6, 6.07) is 0. The smallest absolute Gasteiger partial charge is 0.306 e. The molecule has 0 fully saturated rings. The molecule has 1 unspecified atom stereocenters. The van der Waals surface area contributed by atoms with Gasteiger partial charge in [-0.1, -0.05) is 334 Å². The summed E-state index contributed by atoms with van der Waals surface area (Å²) in [6.07, 6.45) is 82.2. The Kier molecular flexibility index (Phi) is 65.6. The fourth-order valence-electron chi connectivity index (χ4n) is 10.8. The van der Waals surface area contributed by atoms with E-state index in [0.717, 1.165) is 64.2 Å². The van der Waals surface area contributed by atoms with Crippen molar-refractivity contribution in [2.75, 3.05) is 13.2 Å². The summed E-state index contributed by atoms with van der Waals surface area (Å²) in [5, 5.41) is 0. The van der Waals surface area contributed by atoms with Gasteiger partial charge < -0.3 is 14.2 Å². The van der Waals surface area contributed by atoms with Crippen molar-refractivity contribution in [3.8, 4) is 0 Å². The second-order valence-electron chi connectivity index (χ2n) is 24.1. The van der Waals surface area contributed by atoms with Gasteiger partial charge in [-0.3, -0.25) is 14.4 Å². The third-order valence-electron chi connectivity index (χ3n) is 16.2. The van der Waals surface area contributed by atoms with Crippen LogP contribution in [0.4, 0.5) is 0 Å². The second-order valence-corrected chi connectivity index (χ2v) is 24.1. The van der Waals surface area contributed by atoms with Gasteiger partial charge in [-0.2, -0.15) is 0 Å². The lowest BCUT2D eigenvalue weighted by Gasteiger charge is -2.18. The Morgan fingerprint density at radius 1 is 0.244 bits per heavy atom. The molecule has 460 valence electrons. The van der Waals surface area contributed by atoms with Gasteiger partial charge in [0, 0.05) is 19.3 Å². The molecule has 0 saturated carbocycles. The zero-order valence-electron chi connectivity index (χ0n) is 53.0. The van der Waals surface area contributed by atoms with Crippen LogP contribution in [0, 0.1) is 0 Å². The van der Waals surface area contributed by atoms with Crippen molar-refractivity contribution >= 4 is 17.9 Å². The van der Waals surface area contributed by atoms with Crippen LogP contribution < -0.4 is 0 Å². The minimum Gasteiger partial charge on any atom is -0.462 e. The SMILES string of the molecule is CCCCCCCC/C=C\CCCCCCCC(=O)OC(COC(=O)CCCCCCCCCCCCCCCC)COC(=O)CCCCCCCCCCCCCCCCCCCCC/C=C\CCCCCCCCCC. The van der Waals surface area contributed by atoms with E-state index in [0.29, 0.717) is 19.3 Å². The molecule has 0 aromatic carbocycles. The van der Waals surface area contributed by atoms with Crippen molar-refractivity contribution in [2.45, 2.75) is 406 Å². The zero-order valence-corrected chi connectivity index (χ0v) is 53.0. The molecule has 0 aromatic heterocycles. The first-order valence-corrected chi connectivity index (χ1v) is 35.3. The van der Waals surface area contributed by atoms with Crippen molar-refractivity contribution in [3.05, 3.63) is 24.3 Å². The lowest BCUT2D eigenvalue weighted by Crippen LogP contribution is -2.30. The number of hydrogen-bond donors (Lipinski definition) is 0. The van der Waals surface area contributed by atoms with E-state index >= 15 is 0 Å². The largest absolute Gasteiger partial charge is 0.462 e. The molecule has 78 heavy (non-hydrogen) atoms. The molecule has 0 heterocycles. The highest BCUT2D eigenvalue weighted by molar-refractivity contribution is 5.71. The number of carbonyl (C=O) groups is 3. The average Bonchev–Trinajstić information content (AvgIpc) is 3.44. The van der Waals surface area contributed by atoms with Gasteiger partial charge in [0.1, 0.15) is 13.2 Å². The summed E-state index contributed by atoms with van der Waals surface area (Å²) >= 11 is 0. The summed E-state index contributed by atoms with van der Waals surface area (Å²) in [5.74, 6) is -0.847. The molecule has 0 saturated heterocycles. The molecule has 0 aliphatic carbocycles. The fourth-order valence-corrected chi connectivity index (χ4v) is 10.8. The van der Waals surface area contributed by atoms with Crippen LogP contribution in [0.3, 0.4) is 0 Å². The molecule has 0 amide bonds. The quantitative estimate of drug-likeness (QED) is 0.0261. The Balaban J connectivity index is 4.12. The van der Waals surface area contributed by atoms with E-state index in [-0.39, 0.29) is 31.1 Å². The number of carbonyl (C=O) groups excluding carboxylic acids is 3. The fraction of sp³-hybridized carbons (Fsp3) is 0.903. The van der Waals surface area contributed by atoms with Crippen molar-refractivity contribution in [1.29, 1.82) is 0 Å². The van der Waals surface area contributed by atoms with Gasteiger partial charge in [0.05, 0.1) is 0 Å². The normalized spacial score (nSPS) is 12.1. The first-order chi connectivity index (χ1) is 38.5. The molecule has 0 aliphatic heterocycles. The number of rotatable bonds is 66. The van der Waals surface area contributed by atoms with Crippen LogP contribution in [0.1, 0.15) is 400 Å². The Morgan fingerprint density at radius 3 is 0.641 bits per heavy atom. The highest BCUT2D eigenvalue weighted by Gasteiger charge is 2.19. The highest BCUT2D eigenvalue weighted by atomic mass is 16.6. The van der Waals surface area contributed by atoms with Crippen molar-refractivity contribution in [2.24, 2.45) is 0 Å². The van der Waals surface area contributed by atoms with Crippen LogP contribution >= 0.6 is 0 Å². The summed E-state index contributed by atoms with van der Waals surface area (Å²) in [5.41, 5.74) is 0. The number of hydrogen-bond acceptors (Lipinski definition) is 6. The van der Waals surface area contributed by atoms with Crippen molar-refractivity contribution < 1.29 is 28.6 Å². The number of allylic oxidation sites excluding steroid dienone is 4. The Morgan fingerprint density at radius 2 is 0.423 bits per heavy atom. The molecular formula is C72H136O6. The van der Waals surface area contributed by atoms with Crippen LogP contribution in [-0.4, -0.2) is 37.2 Å². The van der Waals surface area contributed by atoms with Gasteiger partial charge in [0.2, 0.25) is 0 Å². The average molecular weight is 1100 g/mol. The van der Waals surface area contributed by atoms with E-state index in [1.807, 2.05) is 0 Å². The van der Waals surface area contributed by atoms with E-state index in [1.165, 1.54) is 295 Å². The molecular weight excluding hydrogens is 961 g/mol. The van der Waals surface area contributed by atoms with E-state index in [1.54, 1.807) is 0 Å². The Bertz CT molecular complexity index is 1260. The molecule has 0 aromatic rings. The van der Waals surface area contributed by atoms with Crippen molar-refractivity contribution in [3.63, 3.8) is 0 Å². The highest BCUT2D eigenvalue weighted by Crippen LogP contribution is 2.18.